The summed E-state index contributed by atoms with van der Waals surface area (Å²) >= 11 is 0. The number of hydrogen-bond donors (Lipinski definition) is 0. The van der Waals surface area contributed by atoms with Gasteiger partial charge in [0.1, 0.15) is 6.10 Å². The molecule has 82 valence electrons. The van der Waals surface area contributed by atoms with Crippen LogP contribution >= 0.6 is 0 Å². The largest absolute Gasteiger partial charge is 0.347 e. The molecule has 0 aliphatic carbocycles. The summed E-state index contributed by atoms with van der Waals surface area (Å²) in [6, 6.07) is 8.58. The highest BCUT2D eigenvalue weighted by molar-refractivity contribution is 5.24. The number of ether oxygens (including phenoxy) is 2. The second-order valence-corrected chi connectivity index (χ2v) is 4.41. The molecule has 1 fully saturated rings. The van der Waals surface area contributed by atoms with Crippen LogP contribution in [0.25, 0.3) is 0 Å². The van der Waals surface area contributed by atoms with Gasteiger partial charge in [-0.2, -0.15) is 0 Å². The predicted molar refractivity (Wildman–Crippen MR) is 59.7 cm³/mol. The molecule has 0 N–H and O–H groups in total. The Labute approximate surface area is 91.2 Å². The fraction of sp³-hybridized carbons (Fsp3) is 0.538. The number of aryl methyl sites for hydroxylation is 1. The predicted octanol–water partition coefficient (Wildman–Crippen LogP) is 3.07. The zero-order valence-corrected chi connectivity index (χ0v) is 9.62. The highest BCUT2D eigenvalue weighted by Crippen LogP contribution is 2.32. The van der Waals surface area contributed by atoms with E-state index in [0.29, 0.717) is 6.61 Å². The number of hydrogen-bond acceptors (Lipinski definition) is 2. The lowest BCUT2D eigenvalue weighted by Crippen LogP contribution is -2.19. The average molecular weight is 206 g/mol. The topological polar surface area (TPSA) is 18.5 Å². The van der Waals surface area contributed by atoms with Crippen molar-refractivity contribution in [3.8, 4) is 0 Å². The van der Waals surface area contributed by atoms with Crippen LogP contribution in [-0.2, 0) is 15.9 Å². The SMILES string of the molecule is CCc1ccc([C@@H]2COC(C)(C)O2)cc1. The van der Waals surface area contributed by atoms with Crippen molar-refractivity contribution >= 4 is 0 Å². The van der Waals surface area contributed by atoms with Crippen LogP contribution in [0, 0.1) is 0 Å². The first-order chi connectivity index (χ1) is 7.11. The van der Waals surface area contributed by atoms with Gasteiger partial charge in [-0.15, -0.1) is 0 Å². The molecule has 1 aromatic carbocycles. The molecule has 2 nitrogen and oxygen atoms in total. The smallest absolute Gasteiger partial charge is 0.163 e. The van der Waals surface area contributed by atoms with Crippen LogP contribution in [0.4, 0.5) is 0 Å². The van der Waals surface area contributed by atoms with Gasteiger partial charge in [-0.25, -0.2) is 0 Å². The molecule has 15 heavy (non-hydrogen) atoms. The molecule has 1 atom stereocenters. The van der Waals surface area contributed by atoms with Crippen molar-refractivity contribution in [3.05, 3.63) is 35.4 Å². The summed E-state index contributed by atoms with van der Waals surface area (Å²) in [6.45, 7) is 6.71. The molecule has 1 aliphatic rings. The van der Waals surface area contributed by atoms with E-state index < -0.39 is 5.79 Å². The summed E-state index contributed by atoms with van der Waals surface area (Å²) in [5, 5.41) is 0. The molecule has 0 aromatic heterocycles. The van der Waals surface area contributed by atoms with E-state index in [-0.39, 0.29) is 6.10 Å². The average Bonchev–Trinajstić information content (AvgIpc) is 2.59. The summed E-state index contributed by atoms with van der Waals surface area (Å²) in [5.74, 6) is -0.436. The molecule has 0 amide bonds. The minimum atomic E-state index is -0.436. The first-order valence-electron chi connectivity index (χ1n) is 5.51. The van der Waals surface area contributed by atoms with E-state index >= 15 is 0 Å². The molecule has 2 rings (SSSR count). The Kier molecular flexibility index (Phi) is 2.81. The van der Waals surface area contributed by atoms with E-state index in [9.17, 15) is 0 Å². The molecule has 1 saturated heterocycles. The van der Waals surface area contributed by atoms with Gasteiger partial charge >= 0.3 is 0 Å². The van der Waals surface area contributed by atoms with Crippen molar-refractivity contribution in [2.75, 3.05) is 6.61 Å². The normalized spacial score (nSPS) is 24.3. The standard InChI is InChI=1S/C13H18O2/c1-4-10-5-7-11(8-6-10)12-9-14-13(2,3)15-12/h5-8,12H,4,9H2,1-3H3/t12-/m0/s1. The fourth-order valence-corrected chi connectivity index (χ4v) is 1.82. The molecule has 0 unspecified atom stereocenters. The summed E-state index contributed by atoms with van der Waals surface area (Å²) < 4.78 is 11.3. The summed E-state index contributed by atoms with van der Waals surface area (Å²) in [4.78, 5) is 0. The van der Waals surface area contributed by atoms with Crippen LogP contribution in [-0.4, -0.2) is 12.4 Å². The van der Waals surface area contributed by atoms with Gasteiger partial charge in [-0.3, -0.25) is 0 Å². The third kappa shape index (κ3) is 2.39. The molecule has 0 spiro atoms. The maximum absolute atomic E-state index is 5.79. The molecule has 1 aromatic rings. The van der Waals surface area contributed by atoms with Crippen LogP contribution in [0.2, 0.25) is 0 Å². The van der Waals surface area contributed by atoms with E-state index in [1.807, 2.05) is 13.8 Å². The van der Waals surface area contributed by atoms with Gasteiger partial charge in [0.2, 0.25) is 0 Å². The Balaban J connectivity index is 2.11. The highest BCUT2D eigenvalue weighted by Gasteiger charge is 2.33. The lowest BCUT2D eigenvalue weighted by molar-refractivity contribution is -0.139. The van der Waals surface area contributed by atoms with Gasteiger partial charge in [-0.1, -0.05) is 31.2 Å². The minimum absolute atomic E-state index is 0.0888. The lowest BCUT2D eigenvalue weighted by Gasteiger charge is -2.17. The van der Waals surface area contributed by atoms with Crippen LogP contribution in [0.5, 0.6) is 0 Å². The van der Waals surface area contributed by atoms with E-state index in [2.05, 4.69) is 31.2 Å². The Morgan fingerprint density at radius 2 is 1.93 bits per heavy atom. The van der Waals surface area contributed by atoms with Crippen LogP contribution in [0.15, 0.2) is 24.3 Å². The quantitative estimate of drug-likeness (QED) is 0.740. The molecule has 1 heterocycles. The molecular formula is C13H18O2. The monoisotopic (exact) mass is 206 g/mol. The van der Waals surface area contributed by atoms with Crippen LogP contribution in [0.1, 0.15) is 38.0 Å². The van der Waals surface area contributed by atoms with Gasteiger partial charge in [-0.05, 0) is 31.4 Å². The summed E-state index contributed by atoms with van der Waals surface area (Å²) in [5.41, 5.74) is 2.56. The van der Waals surface area contributed by atoms with Crippen molar-refractivity contribution in [3.63, 3.8) is 0 Å². The van der Waals surface area contributed by atoms with Crippen molar-refractivity contribution in [1.29, 1.82) is 0 Å². The summed E-state index contributed by atoms with van der Waals surface area (Å²) in [6.07, 6.45) is 1.17. The molecule has 1 aliphatic heterocycles. The lowest BCUT2D eigenvalue weighted by atomic mass is 10.1. The first kappa shape index (κ1) is 10.7. The molecule has 0 saturated carbocycles. The highest BCUT2D eigenvalue weighted by atomic mass is 16.7. The molecule has 2 heteroatoms. The van der Waals surface area contributed by atoms with Gasteiger partial charge in [0.25, 0.3) is 0 Å². The Bertz CT molecular complexity index is 327. The fourth-order valence-electron chi connectivity index (χ4n) is 1.82. The van der Waals surface area contributed by atoms with E-state index in [0.717, 1.165) is 6.42 Å². The maximum Gasteiger partial charge on any atom is 0.163 e. The third-order valence-electron chi connectivity index (χ3n) is 2.77. The van der Waals surface area contributed by atoms with Gasteiger partial charge in [0, 0.05) is 0 Å². The molecule has 0 radical (unpaired) electrons. The Morgan fingerprint density at radius 1 is 1.27 bits per heavy atom. The van der Waals surface area contributed by atoms with Crippen molar-refractivity contribution in [2.24, 2.45) is 0 Å². The van der Waals surface area contributed by atoms with Crippen LogP contribution in [0.3, 0.4) is 0 Å². The number of benzene rings is 1. The zero-order chi connectivity index (χ0) is 10.9. The van der Waals surface area contributed by atoms with Crippen molar-refractivity contribution in [2.45, 2.75) is 39.1 Å². The molecule has 0 bridgehead atoms. The Hall–Kier alpha value is -0.860. The Morgan fingerprint density at radius 3 is 2.40 bits per heavy atom. The first-order valence-corrected chi connectivity index (χ1v) is 5.51. The minimum Gasteiger partial charge on any atom is -0.347 e. The third-order valence-corrected chi connectivity index (χ3v) is 2.77. The van der Waals surface area contributed by atoms with Crippen molar-refractivity contribution < 1.29 is 9.47 Å². The number of rotatable bonds is 2. The second kappa shape index (κ2) is 3.95. The van der Waals surface area contributed by atoms with Gasteiger partial charge in [0.05, 0.1) is 6.61 Å². The molecular weight excluding hydrogens is 188 g/mol. The van der Waals surface area contributed by atoms with E-state index in [1.165, 1.54) is 11.1 Å². The van der Waals surface area contributed by atoms with Gasteiger partial charge in [0.15, 0.2) is 5.79 Å². The van der Waals surface area contributed by atoms with Crippen LogP contribution < -0.4 is 0 Å². The summed E-state index contributed by atoms with van der Waals surface area (Å²) in [7, 11) is 0. The van der Waals surface area contributed by atoms with Gasteiger partial charge < -0.3 is 9.47 Å². The zero-order valence-electron chi connectivity index (χ0n) is 9.62. The van der Waals surface area contributed by atoms with Crippen molar-refractivity contribution in [1.82, 2.24) is 0 Å². The van der Waals surface area contributed by atoms with E-state index in [1.54, 1.807) is 0 Å². The van der Waals surface area contributed by atoms with E-state index in [4.69, 9.17) is 9.47 Å². The maximum atomic E-state index is 5.79. The second-order valence-electron chi connectivity index (χ2n) is 4.41.